The molecule has 0 spiro atoms. The normalized spacial score (nSPS) is 10.5. The van der Waals surface area contributed by atoms with Gasteiger partial charge >= 0.3 is 0 Å². The van der Waals surface area contributed by atoms with Gasteiger partial charge in [0.15, 0.2) is 5.56 Å². The minimum atomic E-state index is 0.276. The molecule has 132 valence electrons. The summed E-state index contributed by atoms with van der Waals surface area (Å²) in [4.78, 5) is 0. The second kappa shape index (κ2) is 7.32. The van der Waals surface area contributed by atoms with Crippen LogP contribution < -0.4 is 10.5 Å². The van der Waals surface area contributed by atoms with Gasteiger partial charge in [-0.3, -0.25) is 0 Å². The van der Waals surface area contributed by atoms with E-state index in [1.54, 1.807) is 4.68 Å². The van der Waals surface area contributed by atoms with Gasteiger partial charge in [0.2, 0.25) is 0 Å². The fourth-order valence-electron chi connectivity index (χ4n) is 2.86. The highest BCUT2D eigenvalue weighted by Gasteiger charge is 2.17. The third kappa shape index (κ3) is 3.70. The second-order valence-electron chi connectivity index (χ2n) is 6.54. The molecule has 2 N–H and O–H groups in total. The third-order valence-corrected chi connectivity index (χ3v) is 4.36. The molecule has 1 aromatic heterocycles. The van der Waals surface area contributed by atoms with Gasteiger partial charge in [-0.25, -0.2) is 4.68 Å². The van der Waals surface area contributed by atoms with Crippen LogP contribution in [0.5, 0.6) is 5.88 Å². The zero-order chi connectivity index (χ0) is 18.7. The summed E-state index contributed by atoms with van der Waals surface area (Å²) in [6.07, 6.45) is 0. The van der Waals surface area contributed by atoms with Gasteiger partial charge in [0.1, 0.15) is 18.5 Å². The molecular weight excluding hydrogens is 324 g/mol. The highest BCUT2D eigenvalue weighted by Crippen LogP contribution is 2.25. The molecule has 0 saturated heterocycles. The molecule has 0 atom stereocenters. The lowest BCUT2D eigenvalue weighted by Crippen LogP contribution is -2.06. The van der Waals surface area contributed by atoms with Crippen LogP contribution in [0.2, 0.25) is 0 Å². The fourth-order valence-corrected chi connectivity index (χ4v) is 2.86. The fraction of sp³-hybridized carbons (Fsp3) is 0.238. The van der Waals surface area contributed by atoms with Crippen molar-refractivity contribution in [1.29, 1.82) is 5.26 Å². The van der Waals surface area contributed by atoms with Crippen molar-refractivity contribution in [1.82, 2.24) is 9.78 Å². The van der Waals surface area contributed by atoms with Gasteiger partial charge in [0.05, 0.1) is 6.54 Å². The van der Waals surface area contributed by atoms with Crippen LogP contribution in [0.4, 0.5) is 5.82 Å². The topological polar surface area (TPSA) is 76.9 Å². The van der Waals surface area contributed by atoms with E-state index in [0.29, 0.717) is 19.0 Å². The van der Waals surface area contributed by atoms with Crippen molar-refractivity contribution >= 4 is 5.82 Å². The van der Waals surface area contributed by atoms with Gasteiger partial charge in [-0.15, -0.1) is 5.10 Å². The Balaban J connectivity index is 1.84. The average Bonchev–Trinajstić information content (AvgIpc) is 2.90. The SMILES string of the molecule is Cc1cccc(Cn2nc(OCc3cc(C)ccc3C)c(C#N)c2N)c1. The molecule has 5 nitrogen and oxygen atoms in total. The number of nitriles is 1. The van der Waals surface area contributed by atoms with Gasteiger partial charge in [0, 0.05) is 0 Å². The number of nitrogens with two attached hydrogens (primary N) is 1. The number of anilines is 1. The quantitative estimate of drug-likeness (QED) is 0.760. The summed E-state index contributed by atoms with van der Waals surface area (Å²) in [5, 5.41) is 13.9. The van der Waals surface area contributed by atoms with Crippen LogP contribution in [0.15, 0.2) is 42.5 Å². The van der Waals surface area contributed by atoms with E-state index in [4.69, 9.17) is 10.5 Å². The molecule has 2 aromatic carbocycles. The highest BCUT2D eigenvalue weighted by molar-refractivity contribution is 5.55. The third-order valence-electron chi connectivity index (χ3n) is 4.36. The van der Waals surface area contributed by atoms with E-state index < -0.39 is 0 Å². The van der Waals surface area contributed by atoms with Gasteiger partial charge < -0.3 is 10.5 Å². The van der Waals surface area contributed by atoms with Gasteiger partial charge in [-0.05, 0) is 37.5 Å². The first-order chi connectivity index (χ1) is 12.5. The maximum atomic E-state index is 9.46. The lowest BCUT2D eigenvalue weighted by Gasteiger charge is -2.08. The number of aromatic nitrogens is 2. The first kappa shape index (κ1) is 17.6. The number of rotatable bonds is 5. The van der Waals surface area contributed by atoms with Crippen LogP contribution in [0.3, 0.4) is 0 Å². The number of hydrogen-bond acceptors (Lipinski definition) is 4. The van der Waals surface area contributed by atoms with Crippen LogP contribution in [0.1, 0.15) is 33.4 Å². The Morgan fingerprint density at radius 3 is 2.62 bits per heavy atom. The Labute approximate surface area is 153 Å². The zero-order valence-electron chi connectivity index (χ0n) is 15.3. The predicted octanol–water partition coefficient (Wildman–Crippen LogP) is 3.89. The summed E-state index contributed by atoms with van der Waals surface area (Å²) in [5.74, 6) is 0.600. The maximum absolute atomic E-state index is 9.46. The first-order valence-electron chi connectivity index (χ1n) is 8.49. The molecule has 5 heteroatoms. The molecule has 0 fully saturated rings. The molecule has 3 rings (SSSR count). The standard InChI is InChI=1S/C21H22N4O/c1-14-5-4-6-17(9-14)12-25-20(23)19(11-22)21(24-25)26-13-18-10-15(2)7-8-16(18)3/h4-10H,12-13,23H2,1-3H3. The lowest BCUT2D eigenvalue weighted by atomic mass is 10.1. The van der Waals surface area contributed by atoms with Crippen molar-refractivity contribution < 1.29 is 4.74 Å². The van der Waals surface area contributed by atoms with Crippen molar-refractivity contribution in [2.45, 2.75) is 33.9 Å². The maximum Gasteiger partial charge on any atom is 0.253 e. The van der Waals surface area contributed by atoms with E-state index in [0.717, 1.165) is 16.7 Å². The lowest BCUT2D eigenvalue weighted by molar-refractivity contribution is 0.288. The number of nitrogen functional groups attached to an aromatic ring is 1. The highest BCUT2D eigenvalue weighted by atomic mass is 16.5. The average molecular weight is 346 g/mol. The van der Waals surface area contributed by atoms with E-state index in [9.17, 15) is 5.26 Å². The Kier molecular flexibility index (Phi) is 4.94. The van der Waals surface area contributed by atoms with Crippen molar-refractivity contribution in [3.05, 3.63) is 75.8 Å². The molecule has 26 heavy (non-hydrogen) atoms. The smallest absolute Gasteiger partial charge is 0.253 e. The molecule has 0 saturated carbocycles. The van der Waals surface area contributed by atoms with Crippen molar-refractivity contribution in [2.24, 2.45) is 0 Å². The van der Waals surface area contributed by atoms with Gasteiger partial charge in [-0.2, -0.15) is 5.26 Å². The first-order valence-corrected chi connectivity index (χ1v) is 8.49. The monoisotopic (exact) mass is 346 g/mol. The second-order valence-corrected chi connectivity index (χ2v) is 6.54. The molecule has 3 aromatic rings. The number of benzene rings is 2. The molecule has 1 heterocycles. The predicted molar refractivity (Wildman–Crippen MR) is 102 cm³/mol. The largest absolute Gasteiger partial charge is 0.471 e. The molecule has 0 aliphatic carbocycles. The number of ether oxygens (including phenoxy) is 1. The Hall–Kier alpha value is -3.26. The molecule has 0 amide bonds. The van der Waals surface area contributed by atoms with E-state index in [1.807, 2.05) is 39.0 Å². The van der Waals surface area contributed by atoms with Crippen LogP contribution in [0, 0.1) is 32.1 Å². The molecule has 0 radical (unpaired) electrons. The summed E-state index contributed by atoms with van der Waals surface area (Å²) in [6.45, 7) is 6.96. The van der Waals surface area contributed by atoms with E-state index in [2.05, 4.69) is 35.4 Å². The molecule has 0 aliphatic heterocycles. The van der Waals surface area contributed by atoms with Crippen LogP contribution in [-0.4, -0.2) is 9.78 Å². The minimum absolute atomic E-state index is 0.276. The molecular formula is C21H22N4O. The van der Waals surface area contributed by atoms with Crippen molar-refractivity contribution in [3.63, 3.8) is 0 Å². The van der Waals surface area contributed by atoms with Gasteiger partial charge in [-0.1, -0.05) is 53.6 Å². The van der Waals surface area contributed by atoms with E-state index in [1.165, 1.54) is 11.1 Å². The minimum Gasteiger partial charge on any atom is -0.471 e. The molecule has 0 bridgehead atoms. The molecule has 0 unspecified atom stereocenters. The number of hydrogen-bond donors (Lipinski definition) is 1. The van der Waals surface area contributed by atoms with Crippen LogP contribution >= 0.6 is 0 Å². The number of nitrogens with zero attached hydrogens (tertiary/aromatic N) is 3. The van der Waals surface area contributed by atoms with E-state index >= 15 is 0 Å². The van der Waals surface area contributed by atoms with Gasteiger partial charge in [0.25, 0.3) is 5.88 Å². The molecule has 0 aliphatic rings. The summed E-state index contributed by atoms with van der Waals surface area (Å²) in [6, 6.07) is 16.4. The summed E-state index contributed by atoms with van der Waals surface area (Å²) < 4.78 is 7.46. The van der Waals surface area contributed by atoms with E-state index in [-0.39, 0.29) is 11.4 Å². The van der Waals surface area contributed by atoms with Crippen LogP contribution in [-0.2, 0) is 13.2 Å². The zero-order valence-corrected chi connectivity index (χ0v) is 15.3. The van der Waals surface area contributed by atoms with Crippen LogP contribution in [0.25, 0.3) is 0 Å². The Morgan fingerprint density at radius 2 is 1.88 bits per heavy atom. The summed E-state index contributed by atoms with van der Waals surface area (Å²) in [7, 11) is 0. The van der Waals surface area contributed by atoms with Crippen molar-refractivity contribution in [2.75, 3.05) is 5.73 Å². The Bertz CT molecular complexity index is 982. The Morgan fingerprint density at radius 1 is 1.12 bits per heavy atom. The summed E-state index contributed by atoms with van der Waals surface area (Å²) in [5.41, 5.74) is 12.0. The number of aryl methyl sites for hydroxylation is 3. The van der Waals surface area contributed by atoms with Crippen molar-refractivity contribution in [3.8, 4) is 11.9 Å². The summed E-state index contributed by atoms with van der Waals surface area (Å²) >= 11 is 0.